The van der Waals surface area contributed by atoms with Gasteiger partial charge in [0.15, 0.2) is 0 Å². The summed E-state index contributed by atoms with van der Waals surface area (Å²) < 4.78 is 5.29. The third-order valence-corrected chi connectivity index (χ3v) is 2.92. The van der Waals surface area contributed by atoms with Gasteiger partial charge in [0.1, 0.15) is 18.1 Å². The zero-order valence-electron chi connectivity index (χ0n) is 9.11. The number of rotatable bonds is 3. The van der Waals surface area contributed by atoms with Crippen molar-refractivity contribution in [2.24, 2.45) is 0 Å². The summed E-state index contributed by atoms with van der Waals surface area (Å²) in [7, 11) is 0. The fourth-order valence-corrected chi connectivity index (χ4v) is 2.06. The molecule has 1 fully saturated rings. The highest BCUT2D eigenvalue weighted by Gasteiger charge is 2.23. The second-order valence-electron chi connectivity index (χ2n) is 4.04. The first kappa shape index (κ1) is 10.8. The van der Waals surface area contributed by atoms with E-state index in [4.69, 9.17) is 11.2 Å². The highest BCUT2D eigenvalue weighted by molar-refractivity contribution is 5.81. The van der Waals surface area contributed by atoms with Crippen molar-refractivity contribution < 1.29 is 9.53 Å². The Bertz CT molecular complexity index is 411. The van der Waals surface area contributed by atoms with Gasteiger partial charge in [-0.25, -0.2) is 0 Å². The maximum absolute atomic E-state index is 11.2. The molecule has 0 heterocycles. The number of ketones is 1. The molecule has 0 N–H and O–H groups in total. The molecule has 0 saturated heterocycles. The minimum Gasteiger partial charge on any atom is -0.481 e. The summed E-state index contributed by atoms with van der Waals surface area (Å²) in [4.78, 5) is 11.2. The van der Waals surface area contributed by atoms with Gasteiger partial charge in [-0.1, -0.05) is 18.1 Å². The van der Waals surface area contributed by atoms with Crippen LogP contribution in [0.3, 0.4) is 0 Å². The van der Waals surface area contributed by atoms with Crippen LogP contribution in [0, 0.1) is 12.3 Å². The van der Waals surface area contributed by atoms with Gasteiger partial charge < -0.3 is 4.74 Å². The van der Waals surface area contributed by atoms with Crippen LogP contribution in [-0.2, 0) is 4.79 Å². The molecular formula is C14H14O2. The number of benzene rings is 1. The van der Waals surface area contributed by atoms with Crippen molar-refractivity contribution in [2.45, 2.75) is 25.2 Å². The van der Waals surface area contributed by atoms with Crippen LogP contribution in [0.4, 0.5) is 0 Å². The molecular weight excluding hydrogens is 200 g/mol. The predicted molar refractivity (Wildman–Crippen MR) is 62.4 cm³/mol. The fraction of sp³-hybridized carbons (Fsp3) is 0.357. The highest BCUT2D eigenvalue weighted by Crippen LogP contribution is 2.32. The lowest BCUT2D eigenvalue weighted by Crippen LogP contribution is -1.96. The number of Topliss-reactive ketones (excluding diaryl/α,β-unsaturated/α-hetero) is 1. The summed E-state index contributed by atoms with van der Waals surface area (Å²) in [6.07, 6.45) is 7.49. The lowest BCUT2D eigenvalue weighted by atomic mass is 9.98. The van der Waals surface area contributed by atoms with Crippen LogP contribution in [0.15, 0.2) is 24.3 Å². The molecule has 1 aromatic rings. The number of terminal acetylenes is 1. The first-order valence-electron chi connectivity index (χ1n) is 5.47. The molecule has 1 atom stereocenters. The van der Waals surface area contributed by atoms with Crippen molar-refractivity contribution in [1.29, 1.82) is 0 Å². The zero-order chi connectivity index (χ0) is 11.4. The van der Waals surface area contributed by atoms with Crippen molar-refractivity contribution in [3.8, 4) is 18.1 Å². The molecule has 2 heteroatoms. The third kappa shape index (κ3) is 2.43. The normalized spacial score (nSPS) is 19.4. The van der Waals surface area contributed by atoms with E-state index in [1.165, 1.54) is 5.56 Å². The number of carbonyl (C=O) groups excluding carboxylic acids is 1. The van der Waals surface area contributed by atoms with E-state index in [0.29, 0.717) is 24.7 Å². The molecule has 0 radical (unpaired) electrons. The van der Waals surface area contributed by atoms with Gasteiger partial charge in [0.25, 0.3) is 0 Å². The molecule has 82 valence electrons. The van der Waals surface area contributed by atoms with Crippen LogP contribution < -0.4 is 4.74 Å². The average molecular weight is 214 g/mol. The number of carbonyl (C=O) groups is 1. The lowest BCUT2D eigenvalue weighted by molar-refractivity contribution is -0.117. The van der Waals surface area contributed by atoms with E-state index in [9.17, 15) is 4.79 Å². The van der Waals surface area contributed by atoms with Crippen LogP contribution in [0.2, 0.25) is 0 Å². The van der Waals surface area contributed by atoms with Crippen molar-refractivity contribution >= 4 is 5.78 Å². The van der Waals surface area contributed by atoms with Gasteiger partial charge in [-0.05, 0) is 30.0 Å². The predicted octanol–water partition coefficient (Wildman–Crippen LogP) is 2.54. The van der Waals surface area contributed by atoms with Gasteiger partial charge in [0, 0.05) is 12.8 Å². The van der Waals surface area contributed by atoms with Crippen molar-refractivity contribution in [3.63, 3.8) is 0 Å². The summed E-state index contributed by atoms with van der Waals surface area (Å²) in [6.45, 7) is 0.293. The Hall–Kier alpha value is -1.75. The highest BCUT2D eigenvalue weighted by atomic mass is 16.5. The number of hydrogen-bond donors (Lipinski definition) is 0. The topological polar surface area (TPSA) is 26.3 Å². The molecule has 1 aliphatic rings. The maximum Gasteiger partial charge on any atom is 0.148 e. The first-order valence-corrected chi connectivity index (χ1v) is 5.47. The SMILES string of the molecule is C#CCOc1ccc(C2CCC(=O)C2)cc1. The van der Waals surface area contributed by atoms with E-state index in [1.54, 1.807) is 0 Å². The molecule has 0 spiro atoms. The Balaban J connectivity index is 2.02. The number of hydrogen-bond acceptors (Lipinski definition) is 2. The molecule has 0 aromatic heterocycles. The quantitative estimate of drug-likeness (QED) is 0.723. The molecule has 0 bridgehead atoms. The number of ether oxygens (including phenoxy) is 1. The smallest absolute Gasteiger partial charge is 0.148 e. The van der Waals surface area contributed by atoms with E-state index in [-0.39, 0.29) is 0 Å². The van der Waals surface area contributed by atoms with E-state index >= 15 is 0 Å². The van der Waals surface area contributed by atoms with E-state index < -0.39 is 0 Å². The van der Waals surface area contributed by atoms with Crippen LogP contribution in [0.1, 0.15) is 30.7 Å². The summed E-state index contributed by atoms with van der Waals surface area (Å²) in [5.41, 5.74) is 1.22. The van der Waals surface area contributed by atoms with Crippen molar-refractivity contribution in [3.05, 3.63) is 29.8 Å². The standard InChI is InChI=1S/C14H14O2/c1-2-9-16-14-7-4-11(5-8-14)12-3-6-13(15)10-12/h1,4-5,7-8,12H,3,6,9-10H2. The van der Waals surface area contributed by atoms with Gasteiger partial charge in [-0.3, -0.25) is 4.79 Å². The Morgan fingerprint density at radius 1 is 1.38 bits per heavy atom. The van der Waals surface area contributed by atoms with Gasteiger partial charge in [-0.15, -0.1) is 6.42 Å². The largest absolute Gasteiger partial charge is 0.481 e. The summed E-state index contributed by atoms with van der Waals surface area (Å²) in [5, 5.41) is 0. The van der Waals surface area contributed by atoms with Crippen molar-refractivity contribution in [1.82, 2.24) is 0 Å². The van der Waals surface area contributed by atoms with Crippen molar-refractivity contribution in [2.75, 3.05) is 6.61 Å². The van der Waals surface area contributed by atoms with Gasteiger partial charge in [-0.2, -0.15) is 0 Å². The van der Waals surface area contributed by atoms with E-state index in [2.05, 4.69) is 5.92 Å². The molecule has 1 aromatic carbocycles. The summed E-state index contributed by atoms with van der Waals surface area (Å²) in [6, 6.07) is 7.87. The molecule has 0 amide bonds. The van der Waals surface area contributed by atoms with Gasteiger partial charge in [0.2, 0.25) is 0 Å². The third-order valence-electron chi connectivity index (χ3n) is 2.92. The summed E-state index contributed by atoms with van der Waals surface area (Å²) in [5.74, 6) is 3.98. The van der Waals surface area contributed by atoms with Crippen LogP contribution >= 0.6 is 0 Å². The first-order chi connectivity index (χ1) is 7.79. The fourth-order valence-electron chi connectivity index (χ4n) is 2.06. The molecule has 1 aliphatic carbocycles. The molecule has 0 aliphatic heterocycles. The lowest BCUT2D eigenvalue weighted by Gasteiger charge is -2.09. The Labute approximate surface area is 95.6 Å². The Kier molecular flexibility index (Phi) is 3.26. The Morgan fingerprint density at radius 2 is 2.12 bits per heavy atom. The minimum absolute atomic E-state index is 0.293. The molecule has 2 nitrogen and oxygen atoms in total. The monoisotopic (exact) mass is 214 g/mol. The molecule has 2 rings (SSSR count). The van der Waals surface area contributed by atoms with Gasteiger partial charge >= 0.3 is 0 Å². The second kappa shape index (κ2) is 4.85. The second-order valence-corrected chi connectivity index (χ2v) is 4.04. The average Bonchev–Trinajstić information content (AvgIpc) is 2.74. The van der Waals surface area contributed by atoms with Crippen LogP contribution in [-0.4, -0.2) is 12.4 Å². The Morgan fingerprint density at radius 3 is 2.69 bits per heavy atom. The van der Waals surface area contributed by atoms with Crippen LogP contribution in [0.25, 0.3) is 0 Å². The summed E-state index contributed by atoms with van der Waals surface area (Å²) >= 11 is 0. The maximum atomic E-state index is 11.2. The zero-order valence-corrected chi connectivity index (χ0v) is 9.11. The van der Waals surface area contributed by atoms with E-state index in [1.807, 2.05) is 24.3 Å². The molecule has 16 heavy (non-hydrogen) atoms. The minimum atomic E-state index is 0.293. The molecule has 1 saturated carbocycles. The van der Waals surface area contributed by atoms with Crippen LogP contribution in [0.5, 0.6) is 5.75 Å². The molecule has 1 unspecified atom stereocenters. The van der Waals surface area contributed by atoms with E-state index in [0.717, 1.165) is 18.6 Å². The van der Waals surface area contributed by atoms with Gasteiger partial charge in [0.05, 0.1) is 0 Å².